The van der Waals surface area contributed by atoms with Crippen LogP contribution in [0.1, 0.15) is 18.1 Å². The van der Waals surface area contributed by atoms with Crippen LogP contribution in [0, 0.1) is 0 Å². The van der Waals surface area contributed by atoms with E-state index in [2.05, 4.69) is 33.1 Å². The van der Waals surface area contributed by atoms with Crippen molar-refractivity contribution >= 4 is 35.8 Å². The number of carbonyl (C=O) groups excluding carboxylic acids is 1. The zero-order valence-corrected chi connectivity index (χ0v) is 18.7. The fraction of sp³-hybridized carbons (Fsp3) is 0.333. The van der Waals surface area contributed by atoms with Crippen LogP contribution in [0.15, 0.2) is 59.6 Å². The van der Waals surface area contributed by atoms with Gasteiger partial charge in [-0.1, -0.05) is 48.5 Å². The first kappa shape index (κ1) is 23.7. The van der Waals surface area contributed by atoms with Gasteiger partial charge in [0, 0.05) is 25.7 Å². The second-order valence-corrected chi connectivity index (χ2v) is 5.91. The molecule has 0 aliphatic carbocycles. The van der Waals surface area contributed by atoms with Gasteiger partial charge >= 0.3 is 0 Å². The summed E-state index contributed by atoms with van der Waals surface area (Å²) in [6.07, 6.45) is 0.813. The number of guanidine groups is 1. The molecule has 0 unspecified atom stereocenters. The number of benzene rings is 2. The zero-order chi connectivity index (χ0) is 19.3. The molecular formula is C21H29IN4O2. The zero-order valence-electron chi connectivity index (χ0n) is 16.4. The molecule has 0 spiro atoms. The van der Waals surface area contributed by atoms with Crippen LogP contribution < -0.4 is 20.7 Å². The third-order valence-corrected chi connectivity index (χ3v) is 3.94. The van der Waals surface area contributed by atoms with Crippen molar-refractivity contribution in [2.75, 3.05) is 26.7 Å². The third-order valence-electron chi connectivity index (χ3n) is 3.94. The molecule has 6 nitrogen and oxygen atoms in total. The molecule has 0 atom stereocenters. The van der Waals surface area contributed by atoms with Crippen LogP contribution in [0.3, 0.4) is 0 Å². The first-order valence-electron chi connectivity index (χ1n) is 9.18. The number of para-hydroxylation sites is 1. The highest BCUT2D eigenvalue weighted by atomic mass is 127. The van der Waals surface area contributed by atoms with E-state index in [-0.39, 0.29) is 36.4 Å². The minimum Gasteiger partial charge on any atom is -0.494 e. The number of nitrogens with zero attached hydrogens (tertiary/aromatic N) is 1. The van der Waals surface area contributed by atoms with Gasteiger partial charge in [-0.05, 0) is 25.0 Å². The minimum atomic E-state index is -0.0661. The van der Waals surface area contributed by atoms with Gasteiger partial charge in [0.1, 0.15) is 5.75 Å². The minimum absolute atomic E-state index is 0. The Labute approximate surface area is 184 Å². The van der Waals surface area contributed by atoms with E-state index in [0.29, 0.717) is 25.7 Å². The lowest BCUT2D eigenvalue weighted by molar-refractivity contribution is -0.119. The summed E-state index contributed by atoms with van der Waals surface area (Å²) >= 11 is 0. The lowest BCUT2D eigenvalue weighted by Crippen LogP contribution is -2.43. The summed E-state index contributed by atoms with van der Waals surface area (Å²) in [6.45, 7) is 3.92. The number of hydrogen-bond acceptors (Lipinski definition) is 3. The summed E-state index contributed by atoms with van der Waals surface area (Å²) in [4.78, 5) is 16.1. The van der Waals surface area contributed by atoms with E-state index < -0.39 is 0 Å². The maximum atomic E-state index is 12.0. The normalized spacial score (nSPS) is 10.6. The van der Waals surface area contributed by atoms with Crippen molar-refractivity contribution in [2.24, 2.45) is 4.99 Å². The van der Waals surface area contributed by atoms with Gasteiger partial charge in [-0.25, -0.2) is 0 Å². The van der Waals surface area contributed by atoms with Gasteiger partial charge in [0.15, 0.2) is 5.96 Å². The van der Waals surface area contributed by atoms with E-state index in [0.717, 1.165) is 17.7 Å². The Bertz CT molecular complexity index is 738. The highest BCUT2D eigenvalue weighted by Crippen LogP contribution is 2.17. The summed E-state index contributed by atoms with van der Waals surface area (Å²) < 4.78 is 5.62. The summed E-state index contributed by atoms with van der Waals surface area (Å²) in [5.41, 5.74) is 2.24. The highest BCUT2D eigenvalue weighted by Gasteiger charge is 2.06. The number of amides is 1. The van der Waals surface area contributed by atoms with Crippen molar-refractivity contribution in [3.8, 4) is 5.75 Å². The van der Waals surface area contributed by atoms with Crippen molar-refractivity contribution in [3.05, 3.63) is 65.7 Å². The topological polar surface area (TPSA) is 74.8 Å². The first-order valence-corrected chi connectivity index (χ1v) is 9.18. The smallest absolute Gasteiger partial charge is 0.239 e. The average Bonchev–Trinajstić information content (AvgIpc) is 2.70. The molecule has 2 aromatic carbocycles. The molecule has 0 saturated heterocycles. The molecule has 0 saturated carbocycles. The fourth-order valence-electron chi connectivity index (χ4n) is 2.56. The third kappa shape index (κ3) is 8.60. The van der Waals surface area contributed by atoms with Gasteiger partial charge in [0.25, 0.3) is 0 Å². The number of halogens is 1. The van der Waals surface area contributed by atoms with E-state index in [1.54, 1.807) is 7.05 Å². The molecule has 28 heavy (non-hydrogen) atoms. The van der Waals surface area contributed by atoms with E-state index in [1.165, 1.54) is 5.56 Å². The average molecular weight is 496 g/mol. The van der Waals surface area contributed by atoms with Crippen LogP contribution in [0.2, 0.25) is 0 Å². The Morgan fingerprint density at radius 1 is 1.00 bits per heavy atom. The highest BCUT2D eigenvalue weighted by molar-refractivity contribution is 14.0. The number of aliphatic imine (C=N–C) groups is 1. The predicted molar refractivity (Wildman–Crippen MR) is 124 cm³/mol. The fourth-order valence-corrected chi connectivity index (χ4v) is 2.56. The van der Waals surface area contributed by atoms with Crippen LogP contribution in [0.25, 0.3) is 0 Å². The lowest BCUT2D eigenvalue weighted by Gasteiger charge is -2.14. The van der Waals surface area contributed by atoms with Crippen LogP contribution in [-0.2, 0) is 17.8 Å². The van der Waals surface area contributed by atoms with Crippen molar-refractivity contribution in [1.82, 2.24) is 16.0 Å². The van der Waals surface area contributed by atoms with E-state index in [4.69, 9.17) is 4.74 Å². The molecule has 0 aromatic heterocycles. The summed E-state index contributed by atoms with van der Waals surface area (Å²) in [6, 6.07) is 17.9. The molecule has 0 aliphatic heterocycles. The SMILES string of the molecule is CCOc1ccccc1CNC(=NC)NCC(=O)NCCc1ccccc1.I. The Morgan fingerprint density at radius 2 is 1.71 bits per heavy atom. The largest absolute Gasteiger partial charge is 0.494 e. The summed E-state index contributed by atoms with van der Waals surface area (Å²) in [7, 11) is 1.68. The number of hydrogen-bond donors (Lipinski definition) is 3. The molecule has 0 aliphatic rings. The maximum absolute atomic E-state index is 12.0. The Hall–Kier alpha value is -2.29. The molecule has 2 aromatic rings. The lowest BCUT2D eigenvalue weighted by atomic mass is 10.1. The molecule has 0 radical (unpaired) electrons. The van der Waals surface area contributed by atoms with Crippen molar-refractivity contribution < 1.29 is 9.53 Å². The van der Waals surface area contributed by atoms with Gasteiger partial charge in [-0.2, -0.15) is 0 Å². The molecule has 0 bridgehead atoms. The van der Waals surface area contributed by atoms with Gasteiger partial charge in [0.2, 0.25) is 5.91 Å². The maximum Gasteiger partial charge on any atom is 0.239 e. The Kier molecular flexibility index (Phi) is 11.7. The summed E-state index contributed by atoms with van der Waals surface area (Å²) in [5.74, 6) is 1.35. The molecule has 0 heterocycles. The van der Waals surface area contributed by atoms with Crippen LogP contribution in [0.4, 0.5) is 0 Å². The van der Waals surface area contributed by atoms with E-state index in [9.17, 15) is 4.79 Å². The molecule has 2 rings (SSSR count). The van der Waals surface area contributed by atoms with Crippen LogP contribution >= 0.6 is 24.0 Å². The predicted octanol–water partition coefficient (Wildman–Crippen LogP) is 2.73. The van der Waals surface area contributed by atoms with Gasteiger partial charge in [-0.15, -0.1) is 24.0 Å². The number of carbonyl (C=O) groups is 1. The second kappa shape index (κ2) is 13.8. The molecule has 1 amide bonds. The Morgan fingerprint density at radius 3 is 2.43 bits per heavy atom. The molecule has 152 valence electrons. The second-order valence-electron chi connectivity index (χ2n) is 5.91. The van der Waals surface area contributed by atoms with Crippen molar-refractivity contribution in [3.63, 3.8) is 0 Å². The Balaban J connectivity index is 0.00000392. The van der Waals surface area contributed by atoms with Crippen molar-refractivity contribution in [1.29, 1.82) is 0 Å². The molecule has 7 heteroatoms. The van der Waals surface area contributed by atoms with Gasteiger partial charge in [0.05, 0.1) is 13.2 Å². The number of ether oxygens (including phenoxy) is 1. The van der Waals surface area contributed by atoms with E-state index in [1.807, 2.05) is 49.4 Å². The number of rotatable bonds is 9. The quantitative estimate of drug-likeness (QED) is 0.284. The van der Waals surface area contributed by atoms with Gasteiger partial charge < -0.3 is 20.7 Å². The standard InChI is InChI=1S/C21H28N4O2.HI/c1-3-27-19-12-8-7-11-18(19)15-24-21(22-2)25-16-20(26)23-14-13-17-9-5-4-6-10-17;/h4-12H,3,13-16H2,1-2H3,(H,23,26)(H2,22,24,25);1H. The van der Waals surface area contributed by atoms with Gasteiger partial charge in [-0.3, -0.25) is 9.79 Å². The van der Waals surface area contributed by atoms with Crippen molar-refractivity contribution in [2.45, 2.75) is 19.9 Å². The monoisotopic (exact) mass is 496 g/mol. The summed E-state index contributed by atoms with van der Waals surface area (Å²) in [5, 5.41) is 9.13. The van der Waals surface area contributed by atoms with Crippen LogP contribution in [-0.4, -0.2) is 38.6 Å². The van der Waals surface area contributed by atoms with Crippen LogP contribution in [0.5, 0.6) is 5.75 Å². The van der Waals surface area contributed by atoms with E-state index >= 15 is 0 Å². The first-order chi connectivity index (χ1) is 13.2. The molecule has 0 fully saturated rings. The number of nitrogens with one attached hydrogen (secondary N) is 3. The molecular weight excluding hydrogens is 467 g/mol. The molecule has 3 N–H and O–H groups in total.